The lowest BCUT2D eigenvalue weighted by atomic mass is 9.92. The van der Waals surface area contributed by atoms with Crippen LogP contribution in [0.3, 0.4) is 0 Å². The van der Waals surface area contributed by atoms with Crippen LogP contribution in [0.1, 0.15) is 26.5 Å². The van der Waals surface area contributed by atoms with Gasteiger partial charge in [0.05, 0.1) is 30.4 Å². The van der Waals surface area contributed by atoms with Crippen LogP contribution in [0.15, 0.2) is 66.2 Å². The number of anilines is 2. The van der Waals surface area contributed by atoms with Crippen molar-refractivity contribution in [2.24, 2.45) is 0 Å². The van der Waals surface area contributed by atoms with Crippen LogP contribution >= 0.6 is 11.3 Å². The summed E-state index contributed by atoms with van der Waals surface area (Å²) in [5.74, 6) is -0.959. The molecule has 9 heteroatoms. The number of carboxylic acids is 1. The number of amides is 2. The molecule has 2 aromatic carbocycles. The summed E-state index contributed by atoms with van der Waals surface area (Å²) in [7, 11) is 1.55. The minimum atomic E-state index is -1.04. The first kappa shape index (κ1) is 23.1. The molecule has 3 heterocycles. The Morgan fingerprint density at radius 3 is 2.58 bits per heavy atom. The number of hydrogen-bond acceptors (Lipinski definition) is 5. The van der Waals surface area contributed by atoms with Crippen molar-refractivity contribution in [2.45, 2.75) is 6.42 Å². The van der Waals surface area contributed by atoms with Gasteiger partial charge in [-0.25, -0.2) is 4.79 Å². The summed E-state index contributed by atoms with van der Waals surface area (Å²) in [6.45, 7) is 0. The third-order valence-corrected chi connectivity index (χ3v) is 6.70. The second kappa shape index (κ2) is 9.55. The van der Waals surface area contributed by atoms with Crippen molar-refractivity contribution in [1.29, 1.82) is 0 Å². The molecule has 1 aliphatic heterocycles. The Balaban J connectivity index is 1.65. The number of rotatable bonds is 7. The number of carbonyl (C=O) groups excluding carboxylic acids is 2. The molecule has 1 aliphatic rings. The first-order valence-corrected chi connectivity index (χ1v) is 11.9. The number of hydrogen-bond donors (Lipinski definition) is 4. The van der Waals surface area contributed by atoms with Crippen molar-refractivity contribution in [3.8, 4) is 16.9 Å². The second-order valence-corrected chi connectivity index (χ2v) is 9.10. The van der Waals surface area contributed by atoms with Crippen LogP contribution in [0.25, 0.3) is 22.8 Å². The zero-order chi connectivity index (χ0) is 25.2. The fraction of sp³-hybridized carbons (Fsp3) is 0.0741. The Hall–Kier alpha value is -4.63. The fourth-order valence-corrected chi connectivity index (χ4v) is 4.88. The molecule has 0 saturated carbocycles. The number of ether oxygens (including phenoxy) is 1. The van der Waals surface area contributed by atoms with E-state index < -0.39 is 5.97 Å². The smallest absolute Gasteiger partial charge is 0.335 e. The monoisotopic (exact) mass is 499 g/mol. The van der Waals surface area contributed by atoms with Gasteiger partial charge in [-0.2, -0.15) is 0 Å². The Morgan fingerprint density at radius 2 is 1.89 bits per heavy atom. The average molecular weight is 500 g/mol. The van der Waals surface area contributed by atoms with Crippen LogP contribution in [0.2, 0.25) is 0 Å². The molecule has 8 nitrogen and oxygen atoms in total. The van der Waals surface area contributed by atoms with Crippen LogP contribution < -0.4 is 15.4 Å². The van der Waals surface area contributed by atoms with E-state index in [-0.39, 0.29) is 23.8 Å². The van der Waals surface area contributed by atoms with Gasteiger partial charge in [0.25, 0.3) is 5.91 Å². The lowest BCUT2D eigenvalue weighted by Crippen LogP contribution is -2.14. The number of aromatic nitrogens is 1. The molecule has 5 rings (SSSR count). The van der Waals surface area contributed by atoms with Gasteiger partial charge in [0.1, 0.15) is 5.75 Å². The molecule has 0 fully saturated rings. The molecule has 4 N–H and O–H groups in total. The topological polar surface area (TPSA) is 121 Å². The third-order valence-electron chi connectivity index (χ3n) is 5.82. The average Bonchev–Trinajstić information content (AvgIpc) is 3.61. The van der Waals surface area contributed by atoms with E-state index in [4.69, 9.17) is 4.74 Å². The molecule has 180 valence electrons. The predicted molar refractivity (Wildman–Crippen MR) is 139 cm³/mol. The normalized spacial score (nSPS) is 13.4. The van der Waals surface area contributed by atoms with Crippen molar-refractivity contribution in [3.63, 3.8) is 0 Å². The van der Waals surface area contributed by atoms with Gasteiger partial charge >= 0.3 is 5.97 Å². The quantitative estimate of drug-likeness (QED) is 0.263. The van der Waals surface area contributed by atoms with E-state index in [1.165, 1.54) is 23.5 Å². The fourth-order valence-electron chi connectivity index (χ4n) is 4.18. The molecular formula is C27H21N3O5S. The molecule has 0 spiro atoms. The van der Waals surface area contributed by atoms with E-state index in [2.05, 4.69) is 15.6 Å². The van der Waals surface area contributed by atoms with Gasteiger partial charge in [-0.1, -0.05) is 18.2 Å². The largest absolute Gasteiger partial charge is 0.495 e. The van der Waals surface area contributed by atoms with Crippen molar-refractivity contribution in [2.75, 3.05) is 17.7 Å². The maximum Gasteiger partial charge on any atom is 0.335 e. The summed E-state index contributed by atoms with van der Waals surface area (Å²) < 4.78 is 5.38. The lowest BCUT2D eigenvalue weighted by Gasteiger charge is -2.16. The standard InChI is InChI=1S/C27H21N3O5S/c1-35-22-10-11-28-21(22)14-18-25-20(30-26(18)32)9-8-19(29-23(31)13-17-3-2-12-36-17)24(25)15-4-6-16(7-5-15)27(33)34/h2-12,14,28H,13H2,1H3,(H,29,31)(H,30,32)(H,33,34)/b18-14-. The third kappa shape index (κ3) is 4.39. The molecule has 4 aromatic rings. The first-order chi connectivity index (χ1) is 17.4. The molecule has 0 saturated heterocycles. The predicted octanol–water partition coefficient (Wildman–Crippen LogP) is 5.12. The number of carbonyl (C=O) groups is 3. The summed E-state index contributed by atoms with van der Waals surface area (Å²) in [4.78, 5) is 41.3. The molecule has 0 aliphatic carbocycles. The molecular weight excluding hydrogens is 478 g/mol. The maximum atomic E-state index is 13.0. The van der Waals surface area contributed by atoms with E-state index in [9.17, 15) is 19.5 Å². The number of carboxylic acid groups (broad SMARTS) is 1. The van der Waals surface area contributed by atoms with Crippen LogP contribution in [0.5, 0.6) is 5.75 Å². The van der Waals surface area contributed by atoms with Crippen molar-refractivity contribution in [3.05, 3.63) is 87.9 Å². The number of fused-ring (bicyclic) bond motifs is 1. The highest BCUT2D eigenvalue weighted by Crippen LogP contribution is 2.45. The number of thiophene rings is 1. The van der Waals surface area contributed by atoms with E-state index in [1.807, 2.05) is 17.5 Å². The lowest BCUT2D eigenvalue weighted by molar-refractivity contribution is -0.115. The molecule has 2 amide bonds. The van der Waals surface area contributed by atoms with E-state index in [0.29, 0.717) is 45.1 Å². The zero-order valence-corrected chi connectivity index (χ0v) is 19.9. The van der Waals surface area contributed by atoms with Gasteiger partial charge in [-0.15, -0.1) is 11.3 Å². The minimum Gasteiger partial charge on any atom is -0.495 e. The summed E-state index contributed by atoms with van der Waals surface area (Å²) in [5.41, 5.74) is 4.12. The second-order valence-electron chi connectivity index (χ2n) is 8.07. The SMILES string of the molecule is COc1cc[nH]c1/C=C1\C(=O)Nc2ccc(NC(=O)Cc3cccs3)c(-c3ccc(C(=O)O)cc3)c21. The Labute approximate surface area is 210 Å². The van der Waals surface area contributed by atoms with Gasteiger partial charge in [0.2, 0.25) is 5.91 Å². The summed E-state index contributed by atoms with van der Waals surface area (Å²) in [6, 6.07) is 15.4. The first-order valence-electron chi connectivity index (χ1n) is 11.0. The van der Waals surface area contributed by atoms with Crippen LogP contribution in [-0.4, -0.2) is 35.0 Å². The minimum absolute atomic E-state index is 0.135. The molecule has 36 heavy (non-hydrogen) atoms. The van der Waals surface area contributed by atoms with Gasteiger partial charge in [-0.05, 0) is 53.4 Å². The summed E-state index contributed by atoms with van der Waals surface area (Å²) in [6.07, 6.45) is 3.63. The van der Waals surface area contributed by atoms with E-state index in [0.717, 1.165) is 4.88 Å². The number of benzene rings is 2. The number of H-pyrrole nitrogens is 1. The van der Waals surface area contributed by atoms with E-state index >= 15 is 0 Å². The molecule has 0 atom stereocenters. The summed E-state index contributed by atoms with van der Waals surface area (Å²) in [5, 5.41) is 17.1. The molecule has 0 bridgehead atoms. The van der Waals surface area contributed by atoms with Crippen molar-refractivity contribution >= 4 is 52.1 Å². The number of aromatic carboxylic acids is 1. The van der Waals surface area contributed by atoms with E-state index in [1.54, 1.807) is 49.7 Å². The van der Waals surface area contributed by atoms with Crippen LogP contribution in [0.4, 0.5) is 11.4 Å². The summed E-state index contributed by atoms with van der Waals surface area (Å²) >= 11 is 1.50. The zero-order valence-electron chi connectivity index (χ0n) is 19.1. The number of methoxy groups -OCH3 is 1. The van der Waals surface area contributed by atoms with Crippen molar-refractivity contribution in [1.82, 2.24) is 4.98 Å². The van der Waals surface area contributed by atoms with Crippen molar-refractivity contribution < 1.29 is 24.2 Å². The van der Waals surface area contributed by atoms with Gasteiger partial charge in [0.15, 0.2) is 0 Å². The Bertz CT molecular complexity index is 1500. The van der Waals surface area contributed by atoms with Crippen LogP contribution in [-0.2, 0) is 16.0 Å². The van der Waals surface area contributed by atoms with Gasteiger partial charge in [-0.3, -0.25) is 9.59 Å². The van der Waals surface area contributed by atoms with Gasteiger partial charge in [0, 0.05) is 33.6 Å². The maximum absolute atomic E-state index is 13.0. The highest BCUT2D eigenvalue weighted by atomic mass is 32.1. The number of nitrogens with one attached hydrogen (secondary N) is 3. The highest BCUT2D eigenvalue weighted by molar-refractivity contribution is 7.10. The highest BCUT2D eigenvalue weighted by Gasteiger charge is 2.30. The Morgan fingerprint density at radius 1 is 1.08 bits per heavy atom. The molecule has 2 aromatic heterocycles. The van der Waals surface area contributed by atoms with Crippen LogP contribution in [0, 0.1) is 0 Å². The Kier molecular flexibility index (Phi) is 6.14. The number of aromatic amines is 1. The molecule has 0 unspecified atom stereocenters. The van der Waals surface area contributed by atoms with Gasteiger partial charge < -0.3 is 25.5 Å². The molecule has 0 radical (unpaired) electrons.